The Bertz CT molecular complexity index is 984. The number of nitrogens with one attached hydrogen (secondary N) is 1. The van der Waals surface area contributed by atoms with Crippen molar-refractivity contribution >= 4 is 35.0 Å². The average Bonchev–Trinajstić information content (AvgIpc) is 3.21. The maximum atomic E-state index is 13.4. The lowest BCUT2D eigenvalue weighted by Gasteiger charge is -2.30. The number of thioether (sulfide) groups is 1. The van der Waals surface area contributed by atoms with Gasteiger partial charge in [0.1, 0.15) is 0 Å². The van der Waals surface area contributed by atoms with Crippen LogP contribution in [0.15, 0.2) is 35.2 Å². The molecule has 0 radical (unpaired) electrons. The number of rotatable bonds is 5. The summed E-state index contributed by atoms with van der Waals surface area (Å²) in [5, 5.41) is 23.1. The molecule has 2 aliphatic carbocycles. The molecule has 9 heteroatoms. The number of halogens is 4. The number of fused-ring (bicyclic) bond motifs is 2. The van der Waals surface area contributed by atoms with Crippen molar-refractivity contribution < 1.29 is 28.2 Å². The summed E-state index contributed by atoms with van der Waals surface area (Å²) in [6, 6.07) is 6.01. The molecule has 2 unspecified atom stereocenters. The molecule has 0 saturated heterocycles. The van der Waals surface area contributed by atoms with E-state index < -0.39 is 29.0 Å². The topological polar surface area (TPSA) is 69.6 Å². The van der Waals surface area contributed by atoms with E-state index in [1.165, 1.54) is 17.8 Å². The molecule has 4 atom stereocenters. The SMILES string of the molecule is O=C(Nc1cc(F)c(F)c(F)c1)c1ccc(Cl)c(S[C@@H]2C3CCC2[C@@](O)(CO)C3)c1. The molecular formula is C21H19ClF3NO3S. The van der Waals surface area contributed by atoms with Gasteiger partial charge < -0.3 is 15.5 Å². The van der Waals surface area contributed by atoms with E-state index in [1.54, 1.807) is 12.1 Å². The smallest absolute Gasteiger partial charge is 0.255 e. The van der Waals surface area contributed by atoms with Crippen molar-refractivity contribution in [2.75, 3.05) is 11.9 Å². The highest BCUT2D eigenvalue weighted by Crippen LogP contribution is 2.57. The van der Waals surface area contributed by atoms with Crippen LogP contribution in [-0.4, -0.2) is 33.6 Å². The van der Waals surface area contributed by atoms with Crippen LogP contribution in [0.2, 0.25) is 5.02 Å². The van der Waals surface area contributed by atoms with Crippen molar-refractivity contribution in [1.82, 2.24) is 0 Å². The number of benzene rings is 2. The van der Waals surface area contributed by atoms with Gasteiger partial charge in [0, 0.05) is 39.4 Å². The van der Waals surface area contributed by atoms with Crippen LogP contribution in [0.5, 0.6) is 0 Å². The fourth-order valence-corrected chi connectivity index (χ4v) is 6.42. The van der Waals surface area contributed by atoms with Gasteiger partial charge in [0.25, 0.3) is 5.91 Å². The van der Waals surface area contributed by atoms with E-state index >= 15 is 0 Å². The molecule has 0 aliphatic heterocycles. The van der Waals surface area contributed by atoms with Crippen molar-refractivity contribution in [3.8, 4) is 0 Å². The highest BCUT2D eigenvalue weighted by atomic mass is 35.5. The molecule has 4 nitrogen and oxygen atoms in total. The second-order valence-electron chi connectivity index (χ2n) is 7.85. The number of hydrogen-bond acceptors (Lipinski definition) is 4. The fraction of sp³-hybridized carbons (Fsp3) is 0.381. The highest BCUT2D eigenvalue weighted by molar-refractivity contribution is 8.00. The summed E-state index contributed by atoms with van der Waals surface area (Å²) in [6.07, 6.45) is 2.31. The summed E-state index contributed by atoms with van der Waals surface area (Å²) in [7, 11) is 0. The van der Waals surface area contributed by atoms with Crippen molar-refractivity contribution in [3.05, 3.63) is 58.4 Å². The van der Waals surface area contributed by atoms with E-state index in [0.29, 0.717) is 28.5 Å². The standard InChI is InChI=1S/C21H19ClF3NO3S/c22-14-4-2-10(20(28)26-12-6-15(23)18(25)16(24)7-12)5-17(14)30-19-11-1-3-13(19)21(29,8-11)9-27/h2,4-7,11,13,19,27,29H,1,3,8-9H2,(H,26,28)/t11?,13?,19-,21+/m1/s1. The van der Waals surface area contributed by atoms with E-state index in [0.717, 1.165) is 12.8 Å². The molecule has 0 aromatic heterocycles. The van der Waals surface area contributed by atoms with Crippen LogP contribution >= 0.6 is 23.4 Å². The number of carbonyl (C=O) groups is 1. The number of aliphatic hydroxyl groups excluding tert-OH is 1. The van der Waals surface area contributed by atoms with Gasteiger partial charge in [0.05, 0.1) is 17.2 Å². The lowest BCUT2D eigenvalue weighted by molar-refractivity contribution is -0.0560. The van der Waals surface area contributed by atoms with Gasteiger partial charge in [-0.1, -0.05) is 11.6 Å². The Morgan fingerprint density at radius 2 is 1.90 bits per heavy atom. The first kappa shape index (κ1) is 21.5. The summed E-state index contributed by atoms with van der Waals surface area (Å²) in [5.74, 6) is -4.84. The van der Waals surface area contributed by atoms with E-state index in [-0.39, 0.29) is 34.9 Å². The number of anilines is 1. The fourth-order valence-electron chi connectivity index (χ4n) is 4.52. The van der Waals surface area contributed by atoms with E-state index in [1.807, 2.05) is 0 Å². The van der Waals surface area contributed by atoms with Crippen LogP contribution < -0.4 is 5.32 Å². The molecule has 30 heavy (non-hydrogen) atoms. The van der Waals surface area contributed by atoms with Crippen molar-refractivity contribution in [3.63, 3.8) is 0 Å². The first-order valence-corrected chi connectivity index (χ1v) is 10.7. The lowest BCUT2D eigenvalue weighted by Crippen LogP contribution is -2.40. The quantitative estimate of drug-likeness (QED) is 0.573. The van der Waals surface area contributed by atoms with Gasteiger partial charge >= 0.3 is 0 Å². The Balaban J connectivity index is 1.53. The second kappa shape index (κ2) is 8.07. The summed E-state index contributed by atoms with van der Waals surface area (Å²) in [6.45, 7) is -0.286. The van der Waals surface area contributed by atoms with E-state index in [2.05, 4.69) is 5.32 Å². The molecule has 0 heterocycles. The van der Waals surface area contributed by atoms with Crippen molar-refractivity contribution in [2.45, 2.75) is 35.0 Å². The summed E-state index contributed by atoms with van der Waals surface area (Å²) in [4.78, 5) is 13.2. The van der Waals surface area contributed by atoms with Crippen LogP contribution in [-0.2, 0) is 0 Å². The molecule has 2 fully saturated rings. The maximum Gasteiger partial charge on any atom is 0.255 e. The largest absolute Gasteiger partial charge is 0.393 e. The zero-order chi connectivity index (χ0) is 21.6. The molecule has 2 bridgehead atoms. The molecule has 2 aromatic carbocycles. The van der Waals surface area contributed by atoms with Gasteiger partial charge in [0.2, 0.25) is 0 Å². The Labute approximate surface area is 180 Å². The maximum absolute atomic E-state index is 13.4. The monoisotopic (exact) mass is 457 g/mol. The molecule has 1 amide bonds. The van der Waals surface area contributed by atoms with Gasteiger partial charge in [-0.25, -0.2) is 13.2 Å². The molecule has 2 aromatic rings. The normalized spacial score (nSPS) is 27.5. The number of hydrogen-bond donors (Lipinski definition) is 3. The zero-order valence-corrected chi connectivity index (χ0v) is 17.2. The van der Waals surface area contributed by atoms with Crippen molar-refractivity contribution in [1.29, 1.82) is 0 Å². The minimum atomic E-state index is -1.60. The van der Waals surface area contributed by atoms with Crippen LogP contribution in [0.1, 0.15) is 29.6 Å². The number of aliphatic hydroxyl groups is 2. The van der Waals surface area contributed by atoms with Crippen molar-refractivity contribution in [2.24, 2.45) is 11.8 Å². The molecule has 160 valence electrons. The summed E-state index contributed by atoms with van der Waals surface area (Å²) < 4.78 is 39.9. The van der Waals surface area contributed by atoms with Crippen LogP contribution in [0, 0.1) is 29.3 Å². The third-order valence-electron chi connectivity index (χ3n) is 5.99. The Morgan fingerprint density at radius 1 is 1.20 bits per heavy atom. The van der Waals surface area contributed by atoms with Gasteiger partial charge in [-0.2, -0.15) is 0 Å². The molecule has 3 N–H and O–H groups in total. The predicted octanol–water partition coefficient (Wildman–Crippen LogP) is 4.62. The zero-order valence-electron chi connectivity index (χ0n) is 15.7. The van der Waals surface area contributed by atoms with Gasteiger partial charge in [-0.15, -0.1) is 11.8 Å². The van der Waals surface area contributed by atoms with Crippen LogP contribution in [0.4, 0.5) is 18.9 Å². The van der Waals surface area contributed by atoms with Crippen LogP contribution in [0.25, 0.3) is 0 Å². The first-order valence-electron chi connectivity index (χ1n) is 9.47. The molecule has 2 saturated carbocycles. The Morgan fingerprint density at radius 3 is 2.53 bits per heavy atom. The average molecular weight is 458 g/mol. The molecule has 0 spiro atoms. The first-order chi connectivity index (χ1) is 14.2. The van der Waals surface area contributed by atoms with E-state index in [9.17, 15) is 28.2 Å². The molecule has 2 aliphatic rings. The van der Waals surface area contributed by atoms with Gasteiger partial charge in [-0.3, -0.25) is 4.79 Å². The van der Waals surface area contributed by atoms with Crippen LogP contribution in [0.3, 0.4) is 0 Å². The third-order valence-corrected chi connectivity index (χ3v) is 8.01. The Kier molecular flexibility index (Phi) is 5.78. The number of amides is 1. The minimum absolute atomic E-state index is 0.0591. The predicted molar refractivity (Wildman–Crippen MR) is 108 cm³/mol. The lowest BCUT2D eigenvalue weighted by atomic mass is 9.85. The minimum Gasteiger partial charge on any atom is -0.393 e. The third kappa shape index (κ3) is 3.82. The summed E-state index contributed by atoms with van der Waals surface area (Å²) >= 11 is 7.78. The Hall–Kier alpha value is -1.74. The summed E-state index contributed by atoms with van der Waals surface area (Å²) in [5.41, 5.74) is -1.07. The van der Waals surface area contributed by atoms with E-state index in [4.69, 9.17) is 11.6 Å². The van der Waals surface area contributed by atoms with Gasteiger partial charge in [0.15, 0.2) is 17.5 Å². The molecule has 4 rings (SSSR count). The molecular weight excluding hydrogens is 439 g/mol. The second-order valence-corrected chi connectivity index (χ2v) is 9.47. The number of carbonyl (C=O) groups excluding carboxylic acids is 1. The highest BCUT2D eigenvalue weighted by Gasteiger charge is 2.56. The van der Waals surface area contributed by atoms with Gasteiger partial charge in [-0.05, 0) is 43.4 Å².